The third-order valence-electron chi connectivity index (χ3n) is 3.26. The van der Waals surface area contributed by atoms with Crippen molar-refractivity contribution < 1.29 is 9.84 Å². The molecule has 1 aromatic heterocycles. The molecule has 0 aliphatic carbocycles. The molecule has 19 heavy (non-hydrogen) atoms. The number of hydrogen-bond donors (Lipinski definition) is 1. The van der Waals surface area contributed by atoms with E-state index in [2.05, 4.69) is 37.6 Å². The van der Waals surface area contributed by atoms with Gasteiger partial charge in [-0.1, -0.05) is 0 Å². The van der Waals surface area contributed by atoms with Crippen molar-refractivity contribution in [1.29, 1.82) is 0 Å². The molecule has 0 saturated carbocycles. The molecule has 4 nitrogen and oxygen atoms in total. The van der Waals surface area contributed by atoms with E-state index in [4.69, 9.17) is 4.74 Å². The highest BCUT2D eigenvalue weighted by molar-refractivity contribution is 5.46. The molecular weight excluding hydrogens is 240 g/mol. The number of aromatic nitrogens is 1. The lowest BCUT2D eigenvalue weighted by Gasteiger charge is -2.48. The highest BCUT2D eigenvalue weighted by Crippen LogP contribution is 2.31. The number of rotatable bonds is 2. The number of morpholine rings is 1. The number of aliphatic hydroxyl groups is 1. The van der Waals surface area contributed by atoms with Gasteiger partial charge in [0, 0.05) is 13.1 Å². The second-order valence-electron chi connectivity index (χ2n) is 6.59. The normalized spacial score (nSPS) is 23.2. The number of nitrogens with zero attached hydrogens (tertiary/aromatic N) is 2. The highest BCUT2D eigenvalue weighted by atomic mass is 16.5. The molecule has 1 aliphatic rings. The molecule has 2 rings (SSSR count). The summed E-state index contributed by atoms with van der Waals surface area (Å²) >= 11 is 0. The van der Waals surface area contributed by atoms with Crippen LogP contribution in [0.25, 0.3) is 0 Å². The summed E-state index contributed by atoms with van der Waals surface area (Å²) in [4.78, 5) is 6.61. The second kappa shape index (κ2) is 4.76. The van der Waals surface area contributed by atoms with Crippen molar-refractivity contribution in [3.63, 3.8) is 0 Å². The van der Waals surface area contributed by atoms with Crippen LogP contribution in [-0.4, -0.2) is 34.4 Å². The zero-order valence-electron chi connectivity index (χ0n) is 12.5. The van der Waals surface area contributed by atoms with Crippen LogP contribution < -0.4 is 4.90 Å². The van der Waals surface area contributed by atoms with Gasteiger partial charge in [-0.3, -0.25) is 4.98 Å². The average Bonchev–Trinajstić information content (AvgIpc) is 2.25. The van der Waals surface area contributed by atoms with Gasteiger partial charge in [-0.2, -0.15) is 0 Å². The fourth-order valence-corrected chi connectivity index (χ4v) is 2.80. The summed E-state index contributed by atoms with van der Waals surface area (Å²) in [6, 6.07) is 3.90. The number of anilines is 1. The molecule has 0 amide bonds. The lowest BCUT2D eigenvalue weighted by Crippen LogP contribution is -2.57. The molecule has 106 valence electrons. The van der Waals surface area contributed by atoms with Crippen LogP contribution >= 0.6 is 0 Å². The molecule has 0 radical (unpaired) electrons. The molecular formula is C15H24N2O2. The molecule has 0 spiro atoms. The van der Waals surface area contributed by atoms with Crippen LogP contribution in [-0.2, 0) is 4.74 Å². The average molecular weight is 264 g/mol. The monoisotopic (exact) mass is 264 g/mol. The van der Waals surface area contributed by atoms with Gasteiger partial charge in [-0.15, -0.1) is 0 Å². The van der Waals surface area contributed by atoms with Gasteiger partial charge in [-0.25, -0.2) is 0 Å². The maximum Gasteiger partial charge on any atom is 0.0931 e. The van der Waals surface area contributed by atoms with Crippen LogP contribution in [0.1, 0.15) is 46.4 Å². The Morgan fingerprint density at radius 3 is 2.21 bits per heavy atom. The summed E-state index contributed by atoms with van der Waals surface area (Å²) in [6.45, 7) is 11.8. The molecule has 0 bridgehead atoms. The van der Waals surface area contributed by atoms with E-state index in [1.807, 2.05) is 18.3 Å². The Hall–Kier alpha value is -1.13. The van der Waals surface area contributed by atoms with Gasteiger partial charge >= 0.3 is 0 Å². The van der Waals surface area contributed by atoms with E-state index in [9.17, 15) is 5.11 Å². The topological polar surface area (TPSA) is 45.6 Å². The van der Waals surface area contributed by atoms with Crippen molar-refractivity contribution in [2.45, 2.75) is 51.9 Å². The van der Waals surface area contributed by atoms with E-state index in [1.54, 1.807) is 6.92 Å². The number of pyridine rings is 1. The predicted molar refractivity (Wildman–Crippen MR) is 76.3 cm³/mol. The van der Waals surface area contributed by atoms with Gasteiger partial charge in [0.25, 0.3) is 0 Å². The molecule has 4 heteroatoms. The molecule has 1 aliphatic heterocycles. The Bertz CT molecular complexity index is 422. The van der Waals surface area contributed by atoms with Crippen molar-refractivity contribution in [3.8, 4) is 0 Å². The van der Waals surface area contributed by atoms with E-state index in [1.165, 1.54) is 0 Å². The van der Waals surface area contributed by atoms with Gasteiger partial charge in [0.1, 0.15) is 0 Å². The van der Waals surface area contributed by atoms with Crippen LogP contribution in [0.4, 0.5) is 5.69 Å². The maximum atomic E-state index is 9.50. The Kier molecular flexibility index (Phi) is 3.58. The van der Waals surface area contributed by atoms with Gasteiger partial charge in [-0.05, 0) is 46.8 Å². The molecule has 0 unspecified atom stereocenters. The predicted octanol–water partition coefficient (Wildman–Crippen LogP) is 2.53. The summed E-state index contributed by atoms with van der Waals surface area (Å²) in [6.07, 6.45) is 1.31. The van der Waals surface area contributed by atoms with E-state index >= 15 is 0 Å². The fourth-order valence-electron chi connectivity index (χ4n) is 2.80. The van der Waals surface area contributed by atoms with Crippen molar-refractivity contribution in [1.82, 2.24) is 4.98 Å². The minimum absolute atomic E-state index is 0.176. The van der Waals surface area contributed by atoms with Gasteiger partial charge in [0.2, 0.25) is 0 Å². The van der Waals surface area contributed by atoms with Crippen LogP contribution in [0.15, 0.2) is 18.3 Å². The summed E-state index contributed by atoms with van der Waals surface area (Å²) in [5.41, 5.74) is 1.43. The summed E-state index contributed by atoms with van der Waals surface area (Å²) in [5.74, 6) is 0. The fraction of sp³-hybridized carbons (Fsp3) is 0.667. The van der Waals surface area contributed by atoms with Crippen LogP contribution in [0.5, 0.6) is 0 Å². The summed E-state index contributed by atoms with van der Waals surface area (Å²) in [5, 5.41) is 9.50. The first kappa shape index (κ1) is 14.3. The molecule has 1 aromatic rings. The van der Waals surface area contributed by atoms with Crippen molar-refractivity contribution in [2.75, 3.05) is 18.0 Å². The third kappa shape index (κ3) is 3.45. The minimum Gasteiger partial charge on any atom is -0.387 e. The van der Waals surface area contributed by atoms with Crippen LogP contribution in [0.3, 0.4) is 0 Å². The molecule has 0 aromatic carbocycles. The molecule has 1 fully saturated rings. The second-order valence-corrected chi connectivity index (χ2v) is 6.59. The van der Waals surface area contributed by atoms with Crippen LogP contribution in [0.2, 0.25) is 0 Å². The molecule has 2 heterocycles. The number of hydrogen-bond acceptors (Lipinski definition) is 4. The Labute approximate surface area is 115 Å². The van der Waals surface area contributed by atoms with E-state index < -0.39 is 6.10 Å². The van der Waals surface area contributed by atoms with Gasteiger partial charge in [0.15, 0.2) is 0 Å². The first-order chi connectivity index (χ1) is 8.69. The van der Waals surface area contributed by atoms with Crippen molar-refractivity contribution in [3.05, 3.63) is 24.0 Å². The standard InChI is InChI=1S/C15H24N2O2/c1-11(18)13-7-6-12(8-16-13)17-9-14(2,3)19-15(4,5)10-17/h6-8,11,18H,9-10H2,1-5H3/t11-/m1/s1. The lowest BCUT2D eigenvalue weighted by molar-refractivity contribution is -0.133. The zero-order chi connectivity index (χ0) is 14.3. The van der Waals surface area contributed by atoms with E-state index in [0.717, 1.165) is 18.8 Å². The Balaban J connectivity index is 2.21. The Morgan fingerprint density at radius 2 is 1.79 bits per heavy atom. The summed E-state index contributed by atoms with van der Waals surface area (Å²) < 4.78 is 6.07. The quantitative estimate of drug-likeness (QED) is 0.891. The first-order valence-electron chi connectivity index (χ1n) is 6.78. The molecule has 1 saturated heterocycles. The van der Waals surface area contributed by atoms with E-state index in [0.29, 0.717) is 5.69 Å². The lowest BCUT2D eigenvalue weighted by atomic mass is 9.98. The van der Waals surface area contributed by atoms with E-state index in [-0.39, 0.29) is 11.2 Å². The van der Waals surface area contributed by atoms with Crippen molar-refractivity contribution >= 4 is 5.69 Å². The minimum atomic E-state index is -0.522. The van der Waals surface area contributed by atoms with Crippen molar-refractivity contribution in [2.24, 2.45) is 0 Å². The SMILES string of the molecule is C[C@@H](O)c1ccc(N2CC(C)(C)OC(C)(C)C2)cn1. The maximum absolute atomic E-state index is 9.50. The summed E-state index contributed by atoms with van der Waals surface area (Å²) in [7, 11) is 0. The third-order valence-corrected chi connectivity index (χ3v) is 3.26. The van der Waals surface area contributed by atoms with Crippen LogP contribution in [0, 0.1) is 0 Å². The zero-order valence-corrected chi connectivity index (χ0v) is 12.5. The van der Waals surface area contributed by atoms with Gasteiger partial charge < -0.3 is 14.7 Å². The highest BCUT2D eigenvalue weighted by Gasteiger charge is 2.38. The first-order valence-corrected chi connectivity index (χ1v) is 6.78. The number of aliphatic hydroxyl groups excluding tert-OH is 1. The molecule has 1 atom stereocenters. The largest absolute Gasteiger partial charge is 0.387 e. The van der Waals surface area contributed by atoms with Gasteiger partial charge in [0.05, 0.1) is 34.9 Å². The number of ether oxygens (including phenoxy) is 1. The molecule has 1 N–H and O–H groups in total. The smallest absolute Gasteiger partial charge is 0.0931 e. The Morgan fingerprint density at radius 1 is 1.21 bits per heavy atom.